The van der Waals surface area contributed by atoms with Crippen LogP contribution in [0.4, 0.5) is 4.39 Å². The van der Waals surface area contributed by atoms with E-state index in [0.717, 1.165) is 22.5 Å². The summed E-state index contributed by atoms with van der Waals surface area (Å²) in [6, 6.07) is 12.9. The van der Waals surface area contributed by atoms with Gasteiger partial charge in [0.2, 0.25) is 5.91 Å². The van der Waals surface area contributed by atoms with Gasteiger partial charge in [0.25, 0.3) is 0 Å². The molecule has 3 rings (SSSR count). The van der Waals surface area contributed by atoms with Gasteiger partial charge in [-0.25, -0.2) is 4.39 Å². The molecule has 0 aliphatic carbocycles. The molecule has 0 spiro atoms. The molecule has 0 atom stereocenters. The number of rotatable bonds is 6. The minimum atomic E-state index is -0.265. The zero-order chi connectivity index (χ0) is 19.4. The fourth-order valence-electron chi connectivity index (χ4n) is 2.63. The molecular formula is C20H21FN4OS. The average molecular weight is 384 g/mol. The van der Waals surface area contributed by atoms with E-state index in [4.69, 9.17) is 0 Å². The van der Waals surface area contributed by atoms with Crippen molar-refractivity contribution in [1.82, 2.24) is 20.1 Å². The minimum absolute atomic E-state index is 0.138. The third-order valence-electron chi connectivity index (χ3n) is 4.28. The molecule has 27 heavy (non-hydrogen) atoms. The van der Waals surface area contributed by atoms with E-state index >= 15 is 0 Å². The lowest BCUT2D eigenvalue weighted by Gasteiger charge is -2.07. The highest BCUT2D eigenvalue weighted by Gasteiger charge is 2.14. The molecule has 2 aromatic carbocycles. The second kappa shape index (κ2) is 8.35. The molecule has 7 heteroatoms. The van der Waals surface area contributed by atoms with Crippen molar-refractivity contribution in [3.63, 3.8) is 0 Å². The number of nitrogens with zero attached hydrogens (tertiary/aromatic N) is 3. The van der Waals surface area contributed by atoms with Gasteiger partial charge in [0, 0.05) is 19.2 Å². The summed E-state index contributed by atoms with van der Waals surface area (Å²) in [5.74, 6) is 0.583. The number of aromatic nitrogens is 3. The third kappa shape index (κ3) is 4.54. The summed E-state index contributed by atoms with van der Waals surface area (Å²) < 4.78 is 15.4. The second-order valence-corrected chi connectivity index (χ2v) is 7.27. The summed E-state index contributed by atoms with van der Waals surface area (Å²) in [5.41, 5.74) is 3.46. The number of thioether (sulfide) groups is 1. The largest absolute Gasteiger partial charge is 0.351 e. The molecule has 0 bridgehead atoms. The Balaban J connectivity index is 1.58. The molecule has 0 aliphatic heterocycles. The number of nitrogens with one attached hydrogen (secondary N) is 1. The van der Waals surface area contributed by atoms with Crippen LogP contribution in [0, 0.1) is 19.7 Å². The first kappa shape index (κ1) is 19.1. The normalized spacial score (nSPS) is 10.8. The van der Waals surface area contributed by atoms with E-state index in [1.54, 1.807) is 13.0 Å². The molecule has 0 unspecified atom stereocenters. The predicted octanol–water partition coefficient (Wildman–Crippen LogP) is 3.65. The first-order chi connectivity index (χ1) is 13.0. The summed E-state index contributed by atoms with van der Waals surface area (Å²) in [7, 11) is 1.89. The summed E-state index contributed by atoms with van der Waals surface area (Å²) in [6.07, 6.45) is 0. The first-order valence-corrected chi connectivity index (χ1v) is 9.54. The van der Waals surface area contributed by atoms with Gasteiger partial charge in [-0.3, -0.25) is 4.79 Å². The van der Waals surface area contributed by atoms with Crippen LogP contribution in [-0.4, -0.2) is 26.4 Å². The van der Waals surface area contributed by atoms with Crippen LogP contribution in [0.5, 0.6) is 0 Å². The SMILES string of the molecule is Cc1ccc(CNC(=O)CSc2nnc(-c3ccccc3C)n2C)cc1F. The van der Waals surface area contributed by atoms with Gasteiger partial charge in [-0.1, -0.05) is 48.2 Å². The lowest BCUT2D eigenvalue weighted by molar-refractivity contribution is -0.118. The average Bonchev–Trinajstić information content (AvgIpc) is 3.02. The van der Waals surface area contributed by atoms with Gasteiger partial charge in [-0.15, -0.1) is 10.2 Å². The van der Waals surface area contributed by atoms with Crippen LogP contribution >= 0.6 is 11.8 Å². The second-order valence-electron chi connectivity index (χ2n) is 6.33. The Morgan fingerprint density at radius 3 is 2.67 bits per heavy atom. The molecule has 0 radical (unpaired) electrons. The maximum atomic E-state index is 13.6. The number of hydrogen-bond donors (Lipinski definition) is 1. The Morgan fingerprint density at radius 2 is 1.93 bits per heavy atom. The Morgan fingerprint density at radius 1 is 1.15 bits per heavy atom. The Bertz CT molecular complexity index is 970. The molecule has 0 aliphatic rings. The smallest absolute Gasteiger partial charge is 0.230 e. The number of aryl methyl sites for hydroxylation is 2. The third-order valence-corrected chi connectivity index (χ3v) is 5.30. The number of carbonyl (C=O) groups excluding carboxylic acids is 1. The van der Waals surface area contributed by atoms with Crippen molar-refractivity contribution in [1.29, 1.82) is 0 Å². The predicted molar refractivity (Wildman–Crippen MR) is 105 cm³/mol. The maximum Gasteiger partial charge on any atom is 0.230 e. The van der Waals surface area contributed by atoms with Gasteiger partial charge >= 0.3 is 0 Å². The summed E-state index contributed by atoms with van der Waals surface area (Å²) in [4.78, 5) is 12.1. The molecule has 140 valence electrons. The van der Waals surface area contributed by atoms with Crippen LogP contribution in [0.3, 0.4) is 0 Å². The van der Waals surface area contributed by atoms with Gasteiger partial charge in [0.15, 0.2) is 11.0 Å². The molecule has 0 fully saturated rings. The van der Waals surface area contributed by atoms with Gasteiger partial charge in [0.05, 0.1) is 5.75 Å². The molecule has 1 heterocycles. The first-order valence-electron chi connectivity index (χ1n) is 8.55. The van der Waals surface area contributed by atoms with E-state index in [0.29, 0.717) is 17.3 Å². The van der Waals surface area contributed by atoms with Crippen LogP contribution < -0.4 is 5.32 Å². The summed E-state index contributed by atoms with van der Waals surface area (Å²) in [6.45, 7) is 4.03. The van der Waals surface area contributed by atoms with Crippen molar-refractivity contribution in [2.24, 2.45) is 7.05 Å². The van der Waals surface area contributed by atoms with Crippen LogP contribution in [0.2, 0.25) is 0 Å². The van der Waals surface area contributed by atoms with E-state index in [1.807, 2.05) is 48.9 Å². The van der Waals surface area contributed by atoms with Crippen LogP contribution in [-0.2, 0) is 18.4 Å². The molecular weight excluding hydrogens is 363 g/mol. The van der Waals surface area contributed by atoms with Gasteiger partial charge in [-0.05, 0) is 36.6 Å². The van der Waals surface area contributed by atoms with Crippen molar-refractivity contribution in [3.05, 3.63) is 65.0 Å². The molecule has 1 N–H and O–H groups in total. The topological polar surface area (TPSA) is 59.8 Å². The Hall–Kier alpha value is -2.67. The van der Waals surface area contributed by atoms with Crippen molar-refractivity contribution in [2.75, 3.05) is 5.75 Å². The van der Waals surface area contributed by atoms with Crippen molar-refractivity contribution >= 4 is 17.7 Å². The van der Waals surface area contributed by atoms with E-state index in [9.17, 15) is 9.18 Å². The van der Waals surface area contributed by atoms with E-state index in [-0.39, 0.29) is 17.5 Å². The van der Waals surface area contributed by atoms with Crippen molar-refractivity contribution in [3.8, 4) is 11.4 Å². The quantitative estimate of drug-likeness (QED) is 0.659. The zero-order valence-electron chi connectivity index (χ0n) is 15.5. The van der Waals surface area contributed by atoms with Gasteiger partial charge < -0.3 is 9.88 Å². The molecule has 1 amide bonds. The highest BCUT2D eigenvalue weighted by atomic mass is 32.2. The summed E-state index contributed by atoms with van der Waals surface area (Å²) in [5, 5.41) is 11.9. The molecule has 1 aromatic heterocycles. The standard InChI is InChI=1S/C20H21FN4OS/c1-13-6-4-5-7-16(13)19-23-24-20(25(19)3)27-12-18(26)22-11-15-9-8-14(2)17(21)10-15/h4-10H,11-12H2,1-3H3,(H,22,26). The number of halogens is 1. The molecule has 0 saturated heterocycles. The lowest BCUT2D eigenvalue weighted by Crippen LogP contribution is -2.24. The minimum Gasteiger partial charge on any atom is -0.351 e. The number of carbonyl (C=O) groups is 1. The fraction of sp³-hybridized carbons (Fsp3) is 0.250. The van der Waals surface area contributed by atoms with E-state index < -0.39 is 0 Å². The van der Waals surface area contributed by atoms with E-state index in [1.165, 1.54) is 17.8 Å². The lowest BCUT2D eigenvalue weighted by atomic mass is 10.1. The molecule has 3 aromatic rings. The van der Waals surface area contributed by atoms with Crippen molar-refractivity contribution in [2.45, 2.75) is 25.5 Å². The van der Waals surface area contributed by atoms with E-state index in [2.05, 4.69) is 15.5 Å². The number of benzene rings is 2. The Labute approximate surface area is 162 Å². The highest BCUT2D eigenvalue weighted by Crippen LogP contribution is 2.24. The Kier molecular flexibility index (Phi) is 5.91. The summed E-state index contributed by atoms with van der Waals surface area (Å²) >= 11 is 1.32. The van der Waals surface area contributed by atoms with Gasteiger partial charge in [-0.2, -0.15) is 0 Å². The fourth-order valence-corrected chi connectivity index (χ4v) is 3.37. The zero-order valence-corrected chi connectivity index (χ0v) is 16.3. The molecule has 0 saturated carbocycles. The monoisotopic (exact) mass is 384 g/mol. The molecule has 5 nitrogen and oxygen atoms in total. The van der Waals surface area contributed by atoms with Crippen LogP contribution in [0.25, 0.3) is 11.4 Å². The number of amides is 1. The number of hydrogen-bond acceptors (Lipinski definition) is 4. The van der Waals surface area contributed by atoms with Crippen molar-refractivity contribution < 1.29 is 9.18 Å². The highest BCUT2D eigenvalue weighted by molar-refractivity contribution is 7.99. The van der Waals surface area contributed by atoms with Crippen LogP contribution in [0.1, 0.15) is 16.7 Å². The maximum absolute atomic E-state index is 13.6. The van der Waals surface area contributed by atoms with Crippen LogP contribution in [0.15, 0.2) is 47.6 Å². The van der Waals surface area contributed by atoms with Gasteiger partial charge in [0.1, 0.15) is 5.82 Å².